The Labute approximate surface area is 186 Å². The summed E-state index contributed by atoms with van der Waals surface area (Å²) in [4.78, 5) is 20.1. The van der Waals surface area contributed by atoms with Gasteiger partial charge in [-0.05, 0) is 25.0 Å². The minimum atomic E-state index is -0.562. The molecule has 9 nitrogen and oxygen atoms in total. The van der Waals surface area contributed by atoms with E-state index in [0.717, 1.165) is 29.8 Å². The van der Waals surface area contributed by atoms with E-state index >= 15 is 0 Å². The highest BCUT2D eigenvalue weighted by molar-refractivity contribution is 7.13. The summed E-state index contributed by atoms with van der Waals surface area (Å²) in [5.74, 6) is -0.562. The summed E-state index contributed by atoms with van der Waals surface area (Å²) in [6.07, 6.45) is 8.80. The van der Waals surface area contributed by atoms with Gasteiger partial charge in [0.25, 0.3) is 5.91 Å². The van der Waals surface area contributed by atoms with Gasteiger partial charge in [0, 0.05) is 23.3 Å². The molecule has 5 rings (SSSR count). The molecule has 4 heterocycles. The van der Waals surface area contributed by atoms with E-state index in [1.165, 1.54) is 11.3 Å². The molecular formula is C21H20FN7O2S. The fourth-order valence-corrected chi connectivity index (χ4v) is 4.39. The summed E-state index contributed by atoms with van der Waals surface area (Å²) >= 11 is 1.33. The van der Waals surface area contributed by atoms with Gasteiger partial charge < -0.3 is 10.5 Å². The number of carbonyl (C=O) groups is 1. The molecule has 0 spiro atoms. The number of pyridine rings is 1. The van der Waals surface area contributed by atoms with Crippen molar-refractivity contribution in [2.75, 3.05) is 13.3 Å². The maximum absolute atomic E-state index is 12.3. The molecule has 0 saturated heterocycles. The topological polar surface area (TPSA) is 114 Å². The largest absolute Gasteiger partial charge is 0.375 e. The highest BCUT2D eigenvalue weighted by Gasteiger charge is 2.33. The van der Waals surface area contributed by atoms with Gasteiger partial charge >= 0.3 is 0 Å². The van der Waals surface area contributed by atoms with Gasteiger partial charge in [0.1, 0.15) is 28.8 Å². The van der Waals surface area contributed by atoms with Gasteiger partial charge in [-0.3, -0.25) is 14.5 Å². The van der Waals surface area contributed by atoms with Gasteiger partial charge in [-0.1, -0.05) is 6.07 Å². The zero-order valence-electron chi connectivity index (χ0n) is 17.0. The van der Waals surface area contributed by atoms with Gasteiger partial charge in [-0.15, -0.1) is 11.3 Å². The minimum absolute atomic E-state index is 0.0577. The third kappa shape index (κ3) is 3.92. The zero-order valence-corrected chi connectivity index (χ0v) is 17.8. The number of halogens is 1. The molecule has 1 aliphatic rings. The Morgan fingerprint density at radius 3 is 2.91 bits per heavy atom. The van der Waals surface area contributed by atoms with Crippen molar-refractivity contribution in [3.05, 3.63) is 54.1 Å². The normalized spacial score (nSPS) is 17.9. The third-order valence-corrected chi connectivity index (χ3v) is 6.22. The lowest BCUT2D eigenvalue weighted by atomic mass is 9.89. The average Bonchev–Trinajstić information content (AvgIpc) is 3.51. The number of hydrogen-bond donors (Lipinski definition) is 1. The van der Waals surface area contributed by atoms with E-state index < -0.39 is 12.6 Å². The Hall–Kier alpha value is -3.44. The maximum atomic E-state index is 12.3. The lowest BCUT2D eigenvalue weighted by molar-refractivity contribution is -0.0329. The molecule has 32 heavy (non-hydrogen) atoms. The lowest BCUT2D eigenvalue weighted by Gasteiger charge is -2.34. The van der Waals surface area contributed by atoms with Crippen LogP contribution in [0.3, 0.4) is 0 Å². The summed E-state index contributed by atoms with van der Waals surface area (Å²) in [7, 11) is 0. The Kier molecular flexibility index (Phi) is 5.50. The number of hydrogen-bond acceptors (Lipinski definition) is 7. The van der Waals surface area contributed by atoms with E-state index in [9.17, 15) is 9.18 Å². The van der Waals surface area contributed by atoms with Crippen molar-refractivity contribution in [3.8, 4) is 27.6 Å². The number of ether oxygens (including phenoxy) is 1. The smallest absolute Gasteiger partial charge is 0.268 e. The predicted molar refractivity (Wildman–Crippen MR) is 116 cm³/mol. The van der Waals surface area contributed by atoms with E-state index in [0.29, 0.717) is 10.7 Å². The van der Waals surface area contributed by atoms with Crippen molar-refractivity contribution in [1.82, 2.24) is 29.5 Å². The number of nitrogens with two attached hydrogens (primary N) is 1. The van der Waals surface area contributed by atoms with Crippen LogP contribution in [-0.4, -0.2) is 54.8 Å². The maximum Gasteiger partial charge on any atom is 0.268 e. The van der Waals surface area contributed by atoms with Crippen LogP contribution >= 0.6 is 11.3 Å². The molecule has 0 atom stereocenters. The van der Waals surface area contributed by atoms with Crippen molar-refractivity contribution in [2.45, 2.75) is 25.0 Å². The molecule has 0 aromatic carbocycles. The fraction of sp³-hybridized carbons (Fsp3) is 0.286. The van der Waals surface area contributed by atoms with Crippen LogP contribution in [0.15, 0.2) is 48.4 Å². The summed E-state index contributed by atoms with van der Waals surface area (Å²) in [6, 6.07) is 5.83. The molecule has 1 amide bonds. The molecule has 164 valence electrons. The van der Waals surface area contributed by atoms with Crippen molar-refractivity contribution < 1.29 is 13.9 Å². The molecule has 0 radical (unpaired) electrons. The van der Waals surface area contributed by atoms with Crippen LogP contribution in [0.25, 0.3) is 27.6 Å². The summed E-state index contributed by atoms with van der Waals surface area (Å²) in [6.45, 7) is -0.343. The SMILES string of the molecule is NC(=O)c1csc(-c2cnn(-c3cn(C4CC(OCCF)C4)nc3-c3ccccn3)c2)n1. The van der Waals surface area contributed by atoms with Crippen LogP contribution < -0.4 is 5.73 Å². The van der Waals surface area contributed by atoms with Crippen LogP contribution in [0.5, 0.6) is 0 Å². The molecule has 1 aliphatic carbocycles. The number of carbonyl (C=O) groups excluding carboxylic acids is 1. The second-order valence-electron chi connectivity index (χ2n) is 7.44. The second-order valence-corrected chi connectivity index (χ2v) is 8.30. The van der Waals surface area contributed by atoms with Gasteiger partial charge in [0.2, 0.25) is 0 Å². The molecule has 0 aliphatic heterocycles. The van der Waals surface area contributed by atoms with Crippen molar-refractivity contribution in [1.29, 1.82) is 0 Å². The average molecular weight is 454 g/mol. The number of aromatic nitrogens is 6. The van der Waals surface area contributed by atoms with Gasteiger partial charge in [-0.2, -0.15) is 10.2 Å². The quantitative estimate of drug-likeness (QED) is 0.439. The van der Waals surface area contributed by atoms with Crippen LogP contribution in [0.2, 0.25) is 0 Å². The monoisotopic (exact) mass is 453 g/mol. The number of rotatable bonds is 8. The summed E-state index contributed by atoms with van der Waals surface area (Å²) in [5.41, 5.74) is 8.51. The molecular weight excluding hydrogens is 433 g/mol. The van der Waals surface area contributed by atoms with Gasteiger partial charge in [-0.25, -0.2) is 14.1 Å². The van der Waals surface area contributed by atoms with Crippen LogP contribution in [0, 0.1) is 0 Å². The second kappa shape index (κ2) is 8.60. The highest BCUT2D eigenvalue weighted by atomic mass is 32.1. The van der Waals surface area contributed by atoms with E-state index in [1.54, 1.807) is 22.5 Å². The zero-order chi connectivity index (χ0) is 22.1. The standard InChI is InChI=1S/C21H20FN7O2S/c22-4-6-31-15-7-14(8-15)28-11-18(19(27-28)16-3-1-2-5-24-16)29-10-13(9-25-29)21-26-17(12-32-21)20(23)30/h1-3,5,9-12,14-15H,4,6-8H2,(H2,23,30). The summed E-state index contributed by atoms with van der Waals surface area (Å²) in [5, 5.41) is 11.6. The molecule has 0 unspecified atom stereocenters. The van der Waals surface area contributed by atoms with E-state index in [1.807, 2.05) is 35.3 Å². The molecule has 2 N–H and O–H groups in total. The number of alkyl halides is 1. The van der Waals surface area contributed by atoms with Crippen molar-refractivity contribution in [3.63, 3.8) is 0 Å². The van der Waals surface area contributed by atoms with Crippen molar-refractivity contribution >= 4 is 17.2 Å². The Morgan fingerprint density at radius 2 is 2.19 bits per heavy atom. The Balaban J connectivity index is 1.46. The minimum Gasteiger partial charge on any atom is -0.375 e. The molecule has 11 heteroatoms. The predicted octanol–water partition coefficient (Wildman–Crippen LogP) is 3.04. The first kappa shape index (κ1) is 20.5. The molecule has 1 saturated carbocycles. The van der Waals surface area contributed by atoms with E-state index in [-0.39, 0.29) is 24.4 Å². The first-order chi connectivity index (χ1) is 15.6. The van der Waals surface area contributed by atoms with Crippen LogP contribution in [-0.2, 0) is 4.74 Å². The van der Waals surface area contributed by atoms with Crippen LogP contribution in [0.1, 0.15) is 29.4 Å². The van der Waals surface area contributed by atoms with Gasteiger partial charge in [0.15, 0.2) is 0 Å². The first-order valence-electron chi connectivity index (χ1n) is 10.1. The fourth-order valence-electron chi connectivity index (χ4n) is 3.61. The molecule has 1 fully saturated rings. The molecule has 4 aromatic heterocycles. The number of thiazole rings is 1. The number of primary amides is 1. The van der Waals surface area contributed by atoms with Crippen LogP contribution in [0.4, 0.5) is 4.39 Å². The highest BCUT2D eigenvalue weighted by Crippen LogP contribution is 2.36. The number of nitrogens with zero attached hydrogens (tertiary/aromatic N) is 6. The summed E-state index contributed by atoms with van der Waals surface area (Å²) < 4.78 is 21.5. The van der Waals surface area contributed by atoms with E-state index in [2.05, 4.69) is 15.1 Å². The number of amides is 1. The Bertz CT molecular complexity index is 1230. The Morgan fingerprint density at radius 1 is 1.31 bits per heavy atom. The van der Waals surface area contributed by atoms with Crippen molar-refractivity contribution in [2.24, 2.45) is 5.73 Å². The van der Waals surface area contributed by atoms with Gasteiger partial charge in [0.05, 0.1) is 36.8 Å². The third-order valence-electron chi connectivity index (χ3n) is 5.33. The molecule has 0 bridgehead atoms. The lowest BCUT2D eigenvalue weighted by Crippen LogP contribution is -2.34. The first-order valence-corrected chi connectivity index (χ1v) is 11.0. The molecule has 4 aromatic rings. The van der Waals surface area contributed by atoms with E-state index in [4.69, 9.17) is 15.6 Å².